The molecule has 0 heterocycles. The third kappa shape index (κ3) is 7.62. The maximum Gasteiger partial charge on any atom is 0.418 e. The molecule has 0 saturated carbocycles. The molecule has 2 N–H and O–H groups in total. The fourth-order valence-electron chi connectivity index (χ4n) is 2.39. The quantitative estimate of drug-likeness (QED) is 0.475. The summed E-state index contributed by atoms with van der Waals surface area (Å²) in [4.78, 5) is 24.5. The lowest BCUT2D eigenvalue weighted by molar-refractivity contribution is -0.137. The molecule has 2 aromatic rings. The highest BCUT2D eigenvalue weighted by Gasteiger charge is 2.34. The Morgan fingerprint density at radius 3 is 2.34 bits per heavy atom. The van der Waals surface area contributed by atoms with Crippen LogP contribution in [-0.2, 0) is 15.8 Å². The summed E-state index contributed by atoms with van der Waals surface area (Å²) < 4.78 is 39.2. The molecule has 2 rings (SSSR count). The number of hydrogen-bond donors (Lipinski definition) is 2. The van der Waals surface area contributed by atoms with E-state index in [-0.39, 0.29) is 22.4 Å². The first kappa shape index (κ1) is 23.1. The number of unbranched alkanes of at least 4 members (excludes halogenated alkanes) is 1. The maximum absolute atomic E-state index is 13.1. The number of nitrogens with one attached hydrogen (secondary N) is 2. The van der Waals surface area contributed by atoms with Crippen molar-refractivity contribution in [1.82, 2.24) is 0 Å². The fraction of sp³-hybridized carbons (Fsp3) is 0.300. The van der Waals surface area contributed by atoms with Crippen LogP contribution >= 0.6 is 23.4 Å². The molecule has 0 aliphatic carbocycles. The van der Waals surface area contributed by atoms with Gasteiger partial charge in [-0.25, -0.2) is 0 Å². The summed E-state index contributed by atoms with van der Waals surface area (Å²) in [6.07, 6.45) is -2.42. The number of halogens is 4. The molecule has 0 radical (unpaired) electrons. The summed E-state index contributed by atoms with van der Waals surface area (Å²) in [5.74, 6) is -0.697. The van der Waals surface area contributed by atoms with Crippen molar-refractivity contribution in [2.45, 2.75) is 37.3 Å². The van der Waals surface area contributed by atoms with Crippen molar-refractivity contribution in [2.75, 3.05) is 16.4 Å². The molecule has 0 spiro atoms. The average Bonchev–Trinajstić information content (AvgIpc) is 2.66. The first-order valence-electron chi connectivity index (χ1n) is 8.88. The summed E-state index contributed by atoms with van der Waals surface area (Å²) in [5.41, 5.74) is -0.681. The zero-order valence-corrected chi connectivity index (χ0v) is 17.2. The topological polar surface area (TPSA) is 58.2 Å². The second kappa shape index (κ2) is 10.5. The molecule has 9 heteroatoms. The van der Waals surface area contributed by atoms with E-state index >= 15 is 0 Å². The Labute approximate surface area is 176 Å². The van der Waals surface area contributed by atoms with E-state index in [1.54, 1.807) is 24.3 Å². The van der Waals surface area contributed by atoms with Gasteiger partial charge in [0, 0.05) is 22.0 Å². The Bertz CT molecular complexity index is 858. The van der Waals surface area contributed by atoms with Gasteiger partial charge in [0.15, 0.2) is 0 Å². The van der Waals surface area contributed by atoms with Crippen LogP contribution in [-0.4, -0.2) is 17.6 Å². The molecule has 0 aromatic heterocycles. The molecule has 2 aromatic carbocycles. The standard InChI is InChI=1S/C20H20ClF3N2O2S/c1-2-3-4-18(27)25-14-6-8-15(9-7-14)29-12-19(28)26-17-10-5-13(21)11-16(17)20(22,23)24/h5-11H,2-4,12H2,1H3,(H,25,27)(H,26,28). The van der Waals surface area contributed by atoms with Gasteiger partial charge in [-0.15, -0.1) is 11.8 Å². The van der Waals surface area contributed by atoms with E-state index in [1.807, 2.05) is 6.92 Å². The molecule has 4 nitrogen and oxygen atoms in total. The van der Waals surface area contributed by atoms with Gasteiger partial charge in [0.1, 0.15) is 0 Å². The van der Waals surface area contributed by atoms with Crippen LogP contribution in [0.15, 0.2) is 47.4 Å². The van der Waals surface area contributed by atoms with Gasteiger partial charge in [-0.3, -0.25) is 9.59 Å². The zero-order valence-electron chi connectivity index (χ0n) is 15.6. The predicted molar refractivity (Wildman–Crippen MR) is 110 cm³/mol. The number of carbonyl (C=O) groups is 2. The van der Waals surface area contributed by atoms with Gasteiger partial charge in [-0.1, -0.05) is 24.9 Å². The Morgan fingerprint density at radius 1 is 1.03 bits per heavy atom. The van der Waals surface area contributed by atoms with Crippen LogP contribution in [0.25, 0.3) is 0 Å². The van der Waals surface area contributed by atoms with E-state index in [1.165, 1.54) is 17.8 Å². The molecule has 156 valence electrons. The van der Waals surface area contributed by atoms with Crippen LogP contribution in [0.4, 0.5) is 24.5 Å². The monoisotopic (exact) mass is 444 g/mol. The number of carbonyl (C=O) groups excluding carboxylic acids is 2. The van der Waals surface area contributed by atoms with Crippen molar-refractivity contribution in [3.63, 3.8) is 0 Å². The first-order valence-corrected chi connectivity index (χ1v) is 10.2. The summed E-state index contributed by atoms with van der Waals surface area (Å²) in [6, 6.07) is 10.1. The van der Waals surface area contributed by atoms with Gasteiger partial charge in [-0.05, 0) is 48.9 Å². The van der Waals surface area contributed by atoms with Crippen LogP contribution in [0.2, 0.25) is 5.02 Å². The number of amides is 2. The molecule has 0 saturated heterocycles. The first-order chi connectivity index (χ1) is 13.7. The van der Waals surface area contributed by atoms with Crippen LogP contribution < -0.4 is 10.6 Å². The highest BCUT2D eigenvalue weighted by molar-refractivity contribution is 8.00. The number of alkyl halides is 3. The van der Waals surface area contributed by atoms with Crippen molar-refractivity contribution >= 4 is 46.6 Å². The van der Waals surface area contributed by atoms with E-state index in [9.17, 15) is 22.8 Å². The smallest absolute Gasteiger partial charge is 0.326 e. The molecule has 0 unspecified atom stereocenters. The minimum absolute atomic E-state index is 0.0601. The second-order valence-corrected chi connectivity index (χ2v) is 7.69. The minimum atomic E-state index is -4.63. The van der Waals surface area contributed by atoms with Gasteiger partial charge < -0.3 is 10.6 Å². The lowest BCUT2D eigenvalue weighted by Gasteiger charge is -2.14. The van der Waals surface area contributed by atoms with Gasteiger partial charge in [0.25, 0.3) is 0 Å². The van der Waals surface area contributed by atoms with E-state index in [0.717, 1.165) is 29.9 Å². The van der Waals surface area contributed by atoms with E-state index in [0.29, 0.717) is 12.1 Å². The Hall–Kier alpha value is -2.19. The van der Waals surface area contributed by atoms with Crippen molar-refractivity contribution < 1.29 is 22.8 Å². The lowest BCUT2D eigenvalue weighted by Crippen LogP contribution is -2.18. The van der Waals surface area contributed by atoms with Crippen LogP contribution in [0.1, 0.15) is 31.7 Å². The minimum Gasteiger partial charge on any atom is -0.326 e. The van der Waals surface area contributed by atoms with Crippen LogP contribution in [0.5, 0.6) is 0 Å². The van der Waals surface area contributed by atoms with Crippen molar-refractivity contribution in [2.24, 2.45) is 0 Å². The van der Waals surface area contributed by atoms with Gasteiger partial charge >= 0.3 is 6.18 Å². The highest BCUT2D eigenvalue weighted by atomic mass is 35.5. The summed E-state index contributed by atoms with van der Waals surface area (Å²) in [7, 11) is 0. The second-order valence-electron chi connectivity index (χ2n) is 6.20. The van der Waals surface area contributed by atoms with Crippen LogP contribution in [0.3, 0.4) is 0 Å². The summed E-state index contributed by atoms with van der Waals surface area (Å²) in [6.45, 7) is 2.01. The van der Waals surface area contributed by atoms with E-state index in [4.69, 9.17) is 11.6 Å². The maximum atomic E-state index is 13.1. The van der Waals surface area contributed by atoms with Gasteiger partial charge in [0.2, 0.25) is 11.8 Å². The molecular weight excluding hydrogens is 425 g/mol. The number of thioether (sulfide) groups is 1. The normalized spacial score (nSPS) is 11.2. The van der Waals surface area contributed by atoms with E-state index < -0.39 is 17.6 Å². The number of rotatable bonds is 8. The molecule has 0 aliphatic heterocycles. The molecule has 0 fully saturated rings. The van der Waals surface area contributed by atoms with E-state index in [2.05, 4.69) is 10.6 Å². The van der Waals surface area contributed by atoms with Crippen molar-refractivity contribution in [1.29, 1.82) is 0 Å². The number of hydrogen-bond acceptors (Lipinski definition) is 3. The molecule has 0 aliphatic rings. The average molecular weight is 445 g/mol. The highest BCUT2D eigenvalue weighted by Crippen LogP contribution is 2.36. The number of benzene rings is 2. The third-order valence-corrected chi connectivity index (χ3v) is 5.07. The Kier molecular flexibility index (Phi) is 8.40. The number of anilines is 2. The summed E-state index contributed by atoms with van der Waals surface area (Å²) in [5, 5.41) is 4.99. The van der Waals surface area contributed by atoms with Crippen molar-refractivity contribution in [3.05, 3.63) is 53.1 Å². The Balaban J connectivity index is 1.91. The summed E-state index contributed by atoms with van der Waals surface area (Å²) >= 11 is 6.80. The molecule has 0 bridgehead atoms. The zero-order chi connectivity index (χ0) is 21.4. The van der Waals surface area contributed by atoms with Crippen LogP contribution in [0, 0.1) is 0 Å². The fourth-order valence-corrected chi connectivity index (χ4v) is 3.26. The third-order valence-electron chi connectivity index (χ3n) is 3.83. The van der Waals surface area contributed by atoms with Gasteiger partial charge in [0.05, 0.1) is 17.0 Å². The largest absolute Gasteiger partial charge is 0.418 e. The molecular formula is C20H20ClF3N2O2S. The predicted octanol–water partition coefficient (Wildman–Crippen LogP) is 6.22. The molecule has 0 atom stereocenters. The molecule has 2 amide bonds. The van der Waals surface area contributed by atoms with Gasteiger partial charge in [-0.2, -0.15) is 13.2 Å². The molecule has 29 heavy (non-hydrogen) atoms. The SMILES string of the molecule is CCCCC(=O)Nc1ccc(SCC(=O)Nc2ccc(Cl)cc2C(F)(F)F)cc1. The van der Waals surface area contributed by atoms with Crippen molar-refractivity contribution in [3.8, 4) is 0 Å². The Morgan fingerprint density at radius 2 is 1.72 bits per heavy atom. The lowest BCUT2D eigenvalue weighted by atomic mass is 10.1.